The number of pyridine rings is 1. The summed E-state index contributed by atoms with van der Waals surface area (Å²) in [7, 11) is 0. The summed E-state index contributed by atoms with van der Waals surface area (Å²) in [5.74, 6) is -0.362. The van der Waals surface area contributed by atoms with Crippen LogP contribution >= 0.6 is 0 Å². The third-order valence-corrected chi connectivity index (χ3v) is 4.58. The van der Waals surface area contributed by atoms with Crippen molar-refractivity contribution in [1.29, 1.82) is 0 Å². The number of aromatic nitrogens is 1. The first-order valence-corrected chi connectivity index (χ1v) is 8.47. The number of nitrogens with zero attached hydrogens (tertiary/aromatic N) is 3. The van der Waals surface area contributed by atoms with Gasteiger partial charge >= 0.3 is 0 Å². The number of hydrogen-bond acceptors (Lipinski definition) is 6. The van der Waals surface area contributed by atoms with Crippen LogP contribution in [0, 0.1) is 15.9 Å². The number of hydrazine groups is 1. The van der Waals surface area contributed by atoms with Crippen molar-refractivity contribution in [3.8, 4) is 0 Å². The van der Waals surface area contributed by atoms with E-state index in [1.54, 1.807) is 41.7 Å². The summed E-state index contributed by atoms with van der Waals surface area (Å²) < 4.78 is 13.4. The summed E-state index contributed by atoms with van der Waals surface area (Å²) in [6.07, 6.45) is 5.17. The molecule has 0 fully saturated rings. The number of nitrogens with two attached hydrogens (primary N) is 1. The number of halogens is 1. The Morgan fingerprint density at radius 2 is 1.68 bits per heavy atom. The van der Waals surface area contributed by atoms with E-state index in [4.69, 9.17) is 5.73 Å². The third-order valence-electron chi connectivity index (χ3n) is 4.58. The molecule has 0 amide bonds. The average molecular weight is 377 g/mol. The van der Waals surface area contributed by atoms with Crippen molar-refractivity contribution in [3.05, 3.63) is 106 Å². The van der Waals surface area contributed by atoms with Crippen LogP contribution in [0.4, 0.5) is 15.8 Å². The Labute approximate surface area is 160 Å². The Bertz CT molecular complexity index is 1040. The maximum atomic E-state index is 13.4. The fourth-order valence-corrected chi connectivity index (χ4v) is 3.14. The molecule has 8 heteroatoms. The van der Waals surface area contributed by atoms with Crippen LogP contribution < -0.4 is 16.2 Å². The van der Waals surface area contributed by atoms with Gasteiger partial charge in [0.1, 0.15) is 5.82 Å². The summed E-state index contributed by atoms with van der Waals surface area (Å²) in [6, 6.07) is 15.6. The van der Waals surface area contributed by atoms with Gasteiger partial charge in [0.05, 0.1) is 16.3 Å². The molecule has 28 heavy (non-hydrogen) atoms. The Morgan fingerprint density at radius 3 is 2.29 bits per heavy atom. The first-order valence-electron chi connectivity index (χ1n) is 8.47. The smallest absolute Gasteiger partial charge is 0.269 e. The quantitative estimate of drug-likeness (QED) is 0.535. The number of benzene rings is 2. The van der Waals surface area contributed by atoms with Crippen molar-refractivity contribution >= 4 is 17.1 Å². The lowest BCUT2D eigenvalue weighted by molar-refractivity contribution is -0.384. The van der Waals surface area contributed by atoms with Crippen LogP contribution in [0.3, 0.4) is 0 Å². The second kappa shape index (κ2) is 6.75. The minimum atomic E-state index is -1.14. The summed E-state index contributed by atoms with van der Waals surface area (Å²) in [5, 5.41) is 12.6. The summed E-state index contributed by atoms with van der Waals surface area (Å²) in [5.41, 5.74) is 11.7. The molecule has 0 saturated carbocycles. The van der Waals surface area contributed by atoms with E-state index in [9.17, 15) is 14.5 Å². The monoisotopic (exact) mass is 377 g/mol. The fraction of sp³-hybridized carbons (Fsp3) is 0.0500. The van der Waals surface area contributed by atoms with Gasteiger partial charge in [-0.15, -0.1) is 0 Å². The lowest BCUT2D eigenvalue weighted by Gasteiger charge is -2.36. The van der Waals surface area contributed by atoms with Crippen molar-refractivity contribution in [3.63, 3.8) is 0 Å². The number of nitro benzene ring substituents is 1. The molecule has 1 aliphatic rings. The van der Waals surface area contributed by atoms with Gasteiger partial charge in [-0.05, 0) is 48.0 Å². The van der Waals surface area contributed by atoms with Crippen molar-refractivity contribution in [2.75, 3.05) is 5.01 Å². The van der Waals surface area contributed by atoms with Gasteiger partial charge in [0.15, 0.2) is 5.66 Å². The van der Waals surface area contributed by atoms with E-state index < -0.39 is 10.6 Å². The zero-order chi connectivity index (χ0) is 19.7. The van der Waals surface area contributed by atoms with Crippen molar-refractivity contribution in [2.24, 2.45) is 5.73 Å². The molecule has 1 atom stereocenters. The highest BCUT2D eigenvalue weighted by Gasteiger charge is 2.39. The summed E-state index contributed by atoms with van der Waals surface area (Å²) >= 11 is 0. The molecule has 3 N–H and O–H groups in total. The SMILES string of the molecule is NC1(c2ccc(F)cc2)C=C(c2ccncc2)NN1c1ccc([N+](=O)[O-])cc1. The van der Waals surface area contributed by atoms with Crippen LogP contribution in [0.25, 0.3) is 5.70 Å². The van der Waals surface area contributed by atoms with E-state index in [-0.39, 0.29) is 11.5 Å². The second-order valence-corrected chi connectivity index (χ2v) is 6.35. The normalized spacial score (nSPS) is 18.5. The van der Waals surface area contributed by atoms with Crippen LogP contribution in [0.2, 0.25) is 0 Å². The van der Waals surface area contributed by atoms with E-state index in [0.717, 1.165) is 11.3 Å². The molecule has 0 radical (unpaired) electrons. The lowest BCUT2D eigenvalue weighted by atomic mass is 9.98. The van der Waals surface area contributed by atoms with Crippen molar-refractivity contribution in [2.45, 2.75) is 5.66 Å². The summed E-state index contributed by atoms with van der Waals surface area (Å²) in [6.45, 7) is 0. The third kappa shape index (κ3) is 3.06. The molecule has 2 heterocycles. The molecule has 140 valence electrons. The van der Waals surface area contributed by atoms with Crippen LogP contribution in [0.15, 0.2) is 79.1 Å². The van der Waals surface area contributed by atoms with Crippen LogP contribution in [0.5, 0.6) is 0 Å². The largest absolute Gasteiger partial charge is 0.300 e. The zero-order valence-corrected chi connectivity index (χ0v) is 14.6. The Kier molecular flexibility index (Phi) is 4.25. The molecule has 0 spiro atoms. The fourth-order valence-electron chi connectivity index (χ4n) is 3.14. The van der Waals surface area contributed by atoms with Gasteiger partial charge in [-0.25, -0.2) is 4.39 Å². The molecule has 0 saturated heterocycles. The Balaban J connectivity index is 1.80. The number of nitro groups is 1. The minimum absolute atomic E-state index is 0.0188. The van der Waals surface area contributed by atoms with E-state index >= 15 is 0 Å². The first-order chi connectivity index (χ1) is 13.5. The molecular formula is C20H16FN5O2. The van der Waals surface area contributed by atoms with E-state index in [1.807, 2.05) is 18.2 Å². The van der Waals surface area contributed by atoms with Crippen molar-refractivity contribution < 1.29 is 9.31 Å². The molecule has 4 rings (SSSR count). The van der Waals surface area contributed by atoms with Crippen LogP contribution in [-0.2, 0) is 5.66 Å². The number of nitrogens with one attached hydrogen (secondary N) is 1. The van der Waals surface area contributed by atoms with Crippen molar-refractivity contribution in [1.82, 2.24) is 10.4 Å². The molecule has 1 aromatic heterocycles. The Morgan fingerprint density at radius 1 is 1.04 bits per heavy atom. The molecule has 3 aromatic rings. The second-order valence-electron chi connectivity index (χ2n) is 6.35. The zero-order valence-electron chi connectivity index (χ0n) is 14.6. The molecular weight excluding hydrogens is 361 g/mol. The van der Waals surface area contributed by atoms with Gasteiger partial charge in [0, 0.05) is 30.1 Å². The van der Waals surface area contributed by atoms with Gasteiger partial charge in [-0.3, -0.25) is 31.3 Å². The molecule has 0 bridgehead atoms. The standard InChI is InChI=1S/C20H16FN5O2/c21-16-3-1-15(2-4-16)20(22)13-19(14-9-11-23-12-10-14)24-25(20)17-5-7-18(8-6-17)26(27)28/h1-13,24H,22H2. The van der Waals surface area contributed by atoms with E-state index in [0.29, 0.717) is 11.3 Å². The van der Waals surface area contributed by atoms with Crippen LogP contribution in [-0.4, -0.2) is 9.91 Å². The van der Waals surface area contributed by atoms with Gasteiger partial charge in [-0.1, -0.05) is 12.1 Å². The highest BCUT2D eigenvalue weighted by atomic mass is 19.1. The van der Waals surface area contributed by atoms with Gasteiger partial charge in [0.25, 0.3) is 5.69 Å². The molecule has 0 aliphatic carbocycles. The molecule has 1 unspecified atom stereocenters. The number of anilines is 1. The lowest BCUT2D eigenvalue weighted by Crippen LogP contribution is -2.53. The van der Waals surface area contributed by atoms with Gasteiger partial charge in [-0.2, -0.15) is 0 Å². The maximum absolute atomic E-state index is 13.4. The number of rotatable bonds is 4. The minimum Gasteiger partial charge on any atom is -0.300 e. The maximum Gasteiger partial charge on any atom is 0.269 e. The van der Waals surface area contributed by atoms with Gasteiger partial charge < -0.3 is 0 Å². The summed E-state index contributed by atoms with van der Waals surface area (Å²) in [4.78, 5) is 14.5. The molecule has 7 nitrogen and oxygen atoms in total. The topological polar surface area (TPSA) is 97.3 Å². The average Bonchev–Trinajstić information content (AvgIpc) is 3.08. The van der Waals surface area contributed by atoms with E-state index in [1.165, 1.54) is 24.3 Å². The first kappa shape index (κ1) is 17.6. The predicted octanol–water partition coefficient (Wildman–Crippen LogP) is 3.31. The number of hydrogen-bond donors (Lipinski definition) is 2. The van der Waals surface area contributed by atoms with Gasteiger partial charge in [0.2, 0.25) is 0 Å². The predicted molar refractivity (Wildman–Crippen MR) is 103 cm³/mol. The molecule has 2 aromatic carbocycles. The van der Waals surface area contributed by atoms with E-state index in [2.05, 4.69) is 10.4 Å². The number of non-ortho nitro benzene ring substituents is 1. The highest BCUT2D eigenvalue weighted by Crippen LogP contribution is 2.37. The van der Waals surface area contributed by atoms with Crippen LogP contribution in [0.1, 0.15) is 11.1 Å². The Hall–Kier alpha value is -3.78. The molecule has 1 aliphatic heterocycles. The highest BCUT2D eigenvalue weighted by molar-refractivity contribution is 5.73.